The molecular weight excluding hydrogens is 358 g/mol. The Morgan fingerprint density at radius 3 is 2.52 bits per heavy atom. The number of rotatable bonds is 5. The van der Waals surface area contributed by atoms with Gasteiger partial charge in [0.1, 0.15) is 0 Å². The number of carbonyl (C=O) groups excluding carboxylic acids is 1. The highest BCUT2D eigenvalue weighted by atomic mass is 32.1. The first-order valence-electron chi connectivity index (χ1n) is 9.56. The monoisotopic (exact) mass is 387 g/mol. The van der Waals surface area contributed by atoms with Crippen LogP contribution >= 0.6 is 11.3 Å². The van der Waals surface area contributed by atoms with Crippen LogP contribution < -0.4 is 4.90 Å². The summed E-state index contributed by atoms with van der Waals surface area (Å²) in [5, 5.41) is 1.13. The molecule has 5 nitrogen and oxygen atoms in total. The Bertz CT molecular complexity index is 796. The summed E-state index contributed by atoms with van der Waals surface area (Å²) in [6.07, 6.45) is 0. The maximum Gasteiger partial charge on any atom is 0.256 e. The Balaban J connectivity index is 1.85. The molecule has 1 atom stereocenters. The number of amides is 1. The number of nitrogens with zero attached hydrogens (tertiary/aromatic N) is 3. The summed E-state index contributed by atoms with van der Waals surface area (Å²) in [6.45, 7) is 11.5. The van der Waals surface area contributed by atoms with Crippen molar-refractivity contribution in [2.75, 3.05) is 38.3 Å². The fourth-order valence-corrected chi connectivity index (χ4v) is 4.51. The second kappa shape index (κ2) is 8.40. The Labute approximate surface area is 166 Å². The average molecular weight is 388 g/mol. The van der Waals surface area contributed by atoms with Gasteiger partial charge in [-0.1, -0.05) is 26.0 Å². The molecule has 1 saturated heterocycles. The third kappa shape index (κ3) is 4.17. The van der Waals surface area contributed by atoms with E-state index in [0.29, 0.717) is 19.1 Å². The normalized spacial score (nSPS) is 15.9. The summed E-state index contributed by atoms with van der Waals surface area (Å²) in [5.74, 6) is 0.446. The molecule has 0 radical (unpaired) electrons. The van der Waals surface area contributed by atoms with E-state index < -0.39 is 0 Å². The van der Waals surface area contributed by atoms with Crippen molar-refractivity contribution in [2.24, 2.45) is 0 Å². The number of benzene rings is 1. The lowest BCUT2D eigenvalue weighted by molar-refractivity contribution is 0.0744. The molecular formula is C21H29N3O2S. The molecule has 1 aromatic heterocycles. The molecule has 2 heterocycles. The van der Waals surface area contributed by atoms with Crippen molar-refractivity contribution in [1.82, 2.24) is 9.88 Å². The van der Waals surface area contributed by atoms with Gasteiger partial charge in [-0.15, -0.1) is 11.3 Å². The number of hydrogen-bond acceptors (Lipinski definition) is 5. The van der Waals surface area contributed by atoms with Gasteiger partial charge in [-0.25, -0.2) is 4.98 Å². The predicted octanol–water partition coefficient (Wildman–Crippen LogP) is 4.24. The minimum Gasteiger partial charge on any atom is -0.378 e. The standard InChI is InChI=1S/C21H29N3O2S/c1-14(2)20-22-15(3)19(27-20)16(4)23(5)21(25)17-8-6-7-9-18(17)24-10-12-26-13-11-24/h6-9,14,16H,10-13H2,1-5H3. The minimum atomic E-state index is -0.0137. The lowest BCUT2D eigenvalue weighted by Crippen LogP contribution is -2.38. The quantitative estimate of drug-likeness (QED) is 0.770. The van der Waals surface area contributed by atoms with E-state index in [1.54, 1.807) is 11.3 Å². The molecule has 1 unspecified atom stereocenters. The Morgan fingerprint density at radius 1 is 1.22 bits per heavy atom. The van der Waals surface area contributed by atoms with Crippen LogP contribution in [0.3, 0.4) is 0 Å². The van der Waals surface area contributed by atoms with E-state index in [1.807, 2.05) is 43.1 Å². The average Bonchev–Trinajstić information content (AvgIpc) is 3.09. The predicted molar refractivity (Wildman–Crippen MR) is 111 cm³/mol. The number of aromatic nitrogens is 1. The van der Waals surface area contributed by atoms with Crippen LogP contribution in [0, 0.1) is 6.92 Å². The Hall–Kier alpha value is -1.92. The second-order valence-electron chi connectivity index (χ2n) is 7.37. The smallest absolute Gasteiger partial charge is 0.256 e. The highest BCUT2D eigenvalue weighted by molar-refractivity contribution is 7.11. The van der Waals surface area contributed by atoms with Gasteiger partial charge in [0.15, 0.2) is 0 Å². The second-order valence-corrected chi connectivity index (χ2v) is 8.43. The number of thiazole rings is 1. The van der Waals surface area contributed by atoms with E-state index in [2.05, 4.69) is 25.7 Å². The van der Waals surface area contributed by atoms with Crippen LogP contribution in [0.15, 0.2) is 24.3 Å². The molecule has 3 rings (SSSR count). The lowest BCUT2D eigenvalue weighted by atomic mass is 10.1. The van der Waals surface area contributed by atoms with Gasteiger partial charge in [0.2, 0.25) is 0 Å². The van der Waals surface area contributed by atoms with Crippen molar-refractivity contribution in [2.45, 2.75) is 39.7 Å². The third-order valence-electron chi connectivity index (χ3n) is 5.11. The molecule has 0 spiro atoms. The first-order chi connectivity index (χ1) is 12.9. The van der Waals surface area contributed by atoms with Crippen molar-refractivity contribution in [3.05, 3.63) is 45.4 Å². The number of hydrogen-bond donors (Lipinski definition) is 0. The molecule has 6 heteroatoms. The Kier molecular flexibility index (Phi) is 6.17. The Morgan fingerprint density at radius 2 is 1.89 bits per heavy atom. The van der Waals surface area contributed by atoms with E-state index >= 15 is 0 Å². The van der Waals surface area contributed by atoms with Gasteiger partial charge in [0.25, 0.3) is 5.91 Å². The molecule has 1 fully saturated rings. The topological polar surface area (TPSA) is 45.7 Å². The number of morpholine rings is 1. The molecule has 0 aliphatic carbocycles. The van der Waals surface area contributed by atoms with Crippen molar-refractivity contribution < 1.29 is 9.53 Å². The fraction of sp³-hybridized carbons (Fsp3) is 0.524. The van der Waals surface area contributed by atoms with Crippen LogP contribution in [0.1, 0.15) is 58.7 Å². The molecule has 2 aromatic rings. The van der Waals surface area contributed by atoms with Crippen LogP contribution in [0.5, 0.6) is 0 Å². The number of anilines is 1. The van der Waals surface area contributed by atoms with Gasteiger partial charge in [-0.2, -0.15) is 0 Å². The highest BCUT2D eigenvalue weighted by Crippen LogP contribution is 2.33. The van der Waals surface area contributed by atoms with E-state index in [0.717, 1.165) is 35.0 Å². The number of aryl methyl sites for hydroxylation is 1. The molecule has 1 aromatic carbocycles. The summed E-state index contributed by atoms with van der Waals surface area (Å²) >= 11 is 1.72. The van der Waals surface area contributed by atoms with Crippen LogP contribution in [0.2, 0.25) is 0 Å². The van der Waals surface area contributed by atoms with Crippen LogP contribution in [0.4, 0.5) is 5.69 Å². The van der Waals surface area contributed by atoms with E-state index in [9.17, 15) is 4.79 Å². The van der Waals surface area contributed by atoms with Gasteiger partial charge in [0.05, 0.1) is 35.5 Å². The fourth-order valence-electron chi connectivity index (χ4n) is 3.34. The van der Waals surface area contributed by atoms with Crippen molar-refractivity contribution in [1.29, 1.82) is 0 Å². The molecule has 27 heavy (non-hydrogen) atoms. The first-order valence-corrected chi connectivity index (χ1v) is 10.4. The van der Waals surface area contributed by atoms with Gasteiger partial charge < -0.3 is 14.5 Å². The van der Waals surface area contributed by atoms with Gasteiger partial charge in [0, 0.05) is 36.6 Å². The van der Waals surface area contributed by atoms with Crippen molar-refractivity contribution in [3.8, 4) is 0 Å². The van der Waals surface area contributed by atoms with Crippen molar-refractivity contribution in [3.63, 3.8) is 0 Å². The summed E-state index contributed by atoms with van der Waals surface area (Å²) in [4.78, 5) is 23.3. The maximum absolute atomic E-state index is 13.3. The van der Waals surface area contributed by atoms with Gasteiger partial charge in [-0.3, -0.25) is 4.79 Å². The molecule has 0 bridgehead atoms. The molecule has 0 saturated carbocycles. The summed E-state index contributed by atoms with van der Waals surface area (Å²) in [5.41, 5.74) is 2.77. The largest absolute Gasteiger partial charge is 0.378 e. The van der Waals surface area contributed by atoms with Crippen LogP contribution in [-0.4, -0.2) is 49.1 Å². The molecule has 1 amide bonds. The maximum atomic E-state index is 13.3. The number of para-hydroxylation sites is 1. The zero-order valence-electron chi connectivity index (χ0n) is 16.9. The SMILES string of the molecule is Cc1nc(C(C)C)sc1C(C)N(C)C(=O)c1ccccc1N1CCOCC1. The van der Waals surface area contributed by atoms with Gasteiger partial charge in [-0.05, 0) is 26.0 Å². The molecule has 0 N–H and O–H groups in total. The van der Waals surface area contributed by atoms with E-state index in [1.165, 1.54) is 4.88 Å². The van der Waals surface area contributed by atoms with Gasteiger partial charge >= 0.3 is 0 Å². The summed E-state index contributed by atoms with van der Waals surface area (Å²) in [7, 11) is 1.89. The van der Waals surface area contributed by atoms with Crippen LogP contribution in [0.25, 0.3) is 0 Å². The zero-order chi connectivity index (χ0) is 19.6. The third-order valence-corrected chi connectivity index (χ3v) is 6.74. The number of ether oxygens (including phenoxy) is 1. The number of carbonyl (C=O) groups is 1. The summed E-state index contributed by atoms with van der Waals surface area (Å²) in [6, 6.07) is 7.87. The van der Waals surface area contributed by atoms with E-state index in [4.69, 9.17) is 9.72 Å². The molecule has 1 aliphatic rings. The minimum absolute atomic E-state index is 0.0137. The van der Waals surface area contributed by atoms with Crippen LogP contribution in [-0.2, 0) is 4.74 Å². The van der Waals surface area contributed by atoms with Crippen molar-refractivity contribution >= 4 is 22.9 Å². The molecule has 1 aliphatic heterocycles. The zero-order valence-corrected chi connectivity index (χ0v) is 17.7. The van der Waals surface area contributed by atoms with E-state index in [-0.39, 0.29) is 11.9 Å². The highest BCUT2D eigenvalue weighted by Gasteiger charge is 2.26. The lowest BCUT2D eigenvalue weighted by Gasteiger charge is -2.32. The summed E-state index contributed by atoms with van der Waals surface area (Å²) < 4.78 is 5.46. The first kappa shape index (κ1) is 19.8. The molecule has 146 valence electrons.